The zero-order valence-electron chi connectivity index (χ0n) is 19.7. The van der Waals surface area contributed by atoms with Crippen LogP contribution >= 0.6 is 0 Å². The Labute approximate surface area is 181 Å². The van der Waals surface area contributed by atoms with E-state index in [1.54, 1.807) is 0 Å². The van der Waals surface area contributed by atoms with Crippen LogP contribution in [-0.4, -0.2) is 29.6 Å². The summed E-state index contributed by atoms with van der Waals surface area (Å²) < 4.78 is 5.99. The highest BCUT2D eigenvalue weighted by Gasteiger charge is 2.67. The molecule has 0 aromatic rings. The smallest absolute Gasteiger partial charge is 0.302 e. The second-order valence-electron chi connectivity index (χ2n) is 12.2. The van der Waals surface area contributed by atoms with Crippen molar-refractivity contribution in [3.8, 4) is 0 Å². The molecule has 0 radical (unpaired) electrons. The van der Waals surface area contributed by atoms with E-state index in [1.165, 1.54) is 32.6 Å². The lowest BCUT2D eigenvalue weighted by molar-refractivity contribution is -0.222. The first-order valence-electron chi connectivity index (χ1n) is 11.9. The van der Waals surface area contributed by atoms with Crippen LogP contribution in [-0.2, 0) is 14.3 Å². The predicted molar refractivity (Wildman–Crippen MR) is 117 cm³/mol. The third-order valence-electron chi connectivity index (χ3n) is 10.2. The van der Waals surface area contributed by atoms with Gasteiger partial charge in [-0.05, 0) is 66.1 Å². The van der Waals surface area contributed by atoms with Crippen molar-refractivity contribution in [2.45, 2.75) is 92.6 Å². The SMILES string of the molecule is CC(=O)O[C@H]1C[C@H]2[C@@](C)(CC[C@H]3C(C)(C)CCC[C@]23C)[C@@H]2CC(=O)C(CO)=C[C@@]12C. The minimum atomic E-state index is -0.406. The number of Topliss-reactive ketones (excluding diaryl/α,β-unsaturated/α-hetero) is 1. The number of esters is 1. The van der Waals surface area contributed by atoms with E-state index in [-0.39, 0.29) is 41.2 Å². The minimum absolute atomic E-state index is 0.0389. The van der Waals surface area contributed by atoms with Crippen LogP contribution < -0.4 is 0 Å². The number of aliphatic hydroxyl groups excluding tert-OH is 1. The molecule has 0 aliphatic heterocycles. The molecule has 0 aromatic carbocycles. The number of hydrogen-bond acceptors (Lipinski definition) is 4. The van der Waals surface area contributed by atoms with Crippen LogP contribution in [0.4, 0.5) is 0 Å². The van der Waals surface area contributed by atoms with Gasteiger partial charge < -0.3 is 9.84 Å². The number of carbonyl (C=O) groups excluding carboxylic acids is 2. The molecule has 0 unspecified atom stereocenters. The molecular formula is C26H40O4. The van der Waals surface area contributed by atoms with Gasteiger partial charge >= 0.3 is 5.97 Å². The Kier molecular flexibility index (Phi) is 5.08. The lowest BCUT2D eigenvalue weighted by Gasteiger charge is -2.69. The van der Waals surface area contributed by atoms with Gasteiger partial charge in [0.15, 0.2) is 5.78 Å². The molecule has 0 heterocycles. The Hall–Kier alpha value is -1.16. The van der Waals surface area contributed by atoms with Gasteiger partial charge in [-0.1, -0.05) is 47.1 Å². The molecule has 3 saturated carbocycles. The van der Waals surface area contributed by atoms with Crippen molar-refractivity contribution in [2.24, 2.45) is 39.4 Å². The van der Waals surface area contributed by atoms with Gasteiger partial charge in [0.25, 0.3) is 0 Å². The van der Waals surface area contributed by atoms with Gasteiger partial charge in [-0.25, -0.2) is 0 Å². The first-order chi connectivity index (χ1) is 13.9. The molecule has 4 rings (SSSR count). The van der Waals surface area contributed by atoms with Crippen LogP contribution in [0.5, 0.6) is 0 Å². The van der Waals surface area contributed by atoms with E-state index in [0.29, 0.717) is 29.2 Å². The maximum atomic E-state index is 12.9. The Morgan fingerprint density at radius 2 is 1.73 bits per heavy atom. The Morgan fingerprint density at radius 1 is 1.07 bits per heavy atom. The highest BCUT2D eigenvalue weighted by Crippen LogP contribution is 2.72. The minimum Gasteiger partial charge on any atom is -0.462 e. The van der Waals surface area contributed by atoms with Gasteiger partial charge in [0.1, 0.15) is 6.10 Å². The van der Waals surface area contributed by atoms with Crippen LogP contribution in [0.1, 0.15) is 86.5 Å². The number of fused-ring (bicyclic) bond motifs is 5. The number of rotatable bonds is 2. The molecule has 0 amide bonds. The zero-order chi connectivity index (χ0) is 22.1. The normalized spacial score (nSPS) is 47.4. The standard InChI is InChI=1S/C26H40O4/c1-16(28)30-22-13-21-24(4)10-7-9-23(2,3)19(24)8-11-25(21,5)20-12-18(29)17(15-27)14-26(20,22)6/h14,19-22,27H,7-13,15H2,1-6H3/t19-,20-,21+,22-,24-,25-,26+/m0/s1. The van der Waals surface area contributed by atoms with Crippen molar-refractivity contribution >= 4 is 11.8 Å². The summed E-state index contributed by atoms with van der Waals surface area (Å²) >= 11 is 0. The van der Waals surface area contributed by atoms with Crippen molar-refractivity contribution in [2.75, 3.05) is 6.61 Å². The van der Waals surface area contributed by atoms with Gasteiger partial charge in [0, 0.05) is 24.3 Å². The van der Waals surface area contributed by atoms with Crippen LogP contribution in [0.25, 0.3) is 0 Å². The summed E-state index contributed by atoms with van der Waals surface area (Å²) in [6.45, 7) is 13.2. The molecule has 4 heteroatoms. The van der Waals surface area contributed by atoms with Crippen molar-refractivity contribution in [1.29, 1.82) is 0 Å². The molecule has 4 aliphatic carbocycles. The first kappa shape index (κ1) is 22.0. The van der Waals surface area contributed by atoms with E-state index >= 15 is 0 Å². The maximum Gasteiger partial charge on any atom is 0.302 e. The summed E-state index contributed by atoms with van der Waals surface area (Å²) in [5.41, 5.74) is 0.663. The monoisotopic (exact) mass is 416 g/mol. The fourth-order valence-corrected chi connectivity index (χ4v) is 8.97. The molecule has 30 heavy (non-hydrogen) atoms. The lowest BCUT2D eigenvalue weighted by atomic mass is 9.36. The van der Waals surface area contributed by atoms with Crippen LogP contribution in [0.15, 0.2) is 11.6 Å². The van der Waals surface area contributed by atoms with E-state index in [2.05, 4.69) is 34.6 Å². The molecule has 1 N–H and O–H groups in total. The van der Waals surface area contributed by atoms with Gasteiger partial charge in [-0.3, -0.25) is 9.59 Å². The van der Waals surface area contributed by atoms with Crippen molar-refractivity contribution < 1.29 is 19.4 Å². The molecule has 0 saturated heterocycles. The van der Waals surface area contributed by atoms with E-state index in [9.17, 15) is 14.7 Å². The Bertz CT molecular complexity index is 782. The number of aliphatic hydroxyl groups is 1. The average Bonchev–Trinajstić information content (AvgIpc) is 2.63. The quantitative estimate of drug-likeness (QED) is 0.637. The fraction of sp³-hybridized carbons (Fsp3) is 0.846. The molecule has 0 aromatic heterocycles. The Balaban J connectivity index is 1.83. The van der Waals surface area contributed by atoms with Gasteiger partial charge in [0.05, 0.1) is 6.61 Å². The van der Waals surface area contributed by atoms with Crippen LogP contribution in [0, 0.1) is 39.4 Å². The van der Waals surface area contributed by atoms with E-state index < -0.39 is 5.41 Å². The second kappa shape index (κ2) is 6.92. The Morgan fingerprint density at radius 3 is 2.37 bits per heavy atom. The summed E-state index contributed by atoms with van der Waals surface area (Å²) in [5.74, 6) is 1.06. The largest absolute Gasteiger partial charge is 0.462 e. The van der Waals surface area contributed by atoms with Crippen LogP contribution in [0.2, 0.25) is 0 Å². The summed E-state index contributed by atoms with van der Waals surface area (Å²) in [7, 11) is 0. The van der Waals surface area contributed by atoms with Crippen molar-refractivity contribution in [1.82, 2.24) is 0 Å². The highest BCUT2D eigenvalue weighted by molar-refractivity contribution is 5.97. The second-order valence-corrected chi connectivity index (χ2v) is 12.2. The van der Waals surface area contributed by atoms with Crippen LogP contribution in [0.3, 0.4) is 0 Å². The predicted octanol–water partition coefficient (Wildman–Crippen LogP) is 5.08. The molecule has 0 spiro atoms. The van der Waals surface area contributed by atoms with Crippen molar-refractivity contribution in [3.05, 3.63) is 11.6 Å². The summed E-state index contributed by atoms with van der Waals surface area (Å²) in [5, 5.41) is 9.79. The summed E-state index contributed by atoms with van der Waals surface area (Å²) in [4.78, 5) is 25.0. The molecule has 4 nitrogen and oxygen atoms in total. The van der Waals surface area contributed by atoms with E-state index in [4.69, 9.17) is 4.74 Å². The average molecular weight is 417 g/mol. The molecule has 7 atom stereocenters. The molecule has 4 aliphatic rings. The number of ketones is 1. The van der Waals surface area contributed by atoms with Gasteiger partial charge in [-0.15, -0.1) is 0 Å². The summed E-state index contributed by atoms with van der Waals surface area (Å²) in [6, 6.07) is 0. The molecule has 168 valence electrons. The van der Waals surface area contributed by atoms with Gasteiger partial charge in [-0.2, -0.15) is 0 Å². The lowest BCUT2D eigenvalue weighted by Crippen LogP contribution is -2.65. The first-order valence-corrected chi connectivity index (χ1v) is 11.9. The third kappa shape index (κ3) is 2.96. The summed E-state index contributed by atoms with van der Waals surface area (Å²) in [6.07, 6.45) is 9.14. The van der Waals surface area contributed by atoms with Crippen molar-refractivity contribution in [3.63, 3.8) is 0 Å². The third-order valence-corrected chi connectivity index (χ3v) is 10.2. The number of hydrogen-bond donors (Lipinski definition) is 1. The molecule has 3 fully saturated rings. The number of carbonyl (C=O) groups is 2. The van der Waals surface area contributed by atoms with Gasteiger partial charge in [0.2, 0.25) is 0 Å². The van der Waals surface area contributed by atoms with E-state index in [1.807, 2.05) is 6.08 Å². The van der Waals surface area contributed by atoms with E-state index in [0.717, 1.165) is 12.8 Å². The molecular weight excluding hydrogens is 376 g/mol. The zero-order valence-corrected chi connectivity index (χ0v) is 19.7. The highest BCUT2D eigenvalue weighted by atomic mass is 16.5. The topological polar surface area (TPSA) is 63.6 Å². The fourth-order valence-electron chi connectivity index (χ4n) is 8.97. The number of ether oxygens (including phenoxy) is 1. The maximum absolute atomic E-state index is 12.9. The molecule has 0 bridgehead atoms.